The maximum absolute atomic E-state index is 11.9. The molecule has 0 bridgehead atoms. The van der Waals surface area contributed by atoms with E-state index < -0.39 is 10.1 Å². The van der Waals surface area contributed by atoms with Gasteiger partial charge in [-0.2, -0.15) is 0 Å². The van der Waals surface area contributed by atoms with Crippen LogP contribution < -0.4 is 9.80 Å². The van der Waals surface area contributed by atoms with Crippen molar-refractivity contribution in [3.8, 4) is 0 Å². The van der Waals surface area contributed by atoms with Crippen LogP contribution in [0.2, 0.25) is 0 Å². The van der Waals surface area contributed by atoms with E-state index in [2.05, 4.69) is 0 Å². The lowest BCUT2D eigenvalue weighted by Crippen LogP contribution is -2.12. The highest BCUT2D eigenvalue weighted by molar-refractivity contribution is 7.85. The Morgan fingerprint density at radius 2 is 1.10 bits per heavy atom. The number of hydrogen-bond acceptors (Lipinski definition) is 5. The van der Waals surface area contributed by atoms with Gasteiger partial charge in [-0.25, -0.2) is 8.42 Å². The Labute approximate surface area is 173 Å². The van der Waals surface area contributed by atoms with Crippen molar-refractivity contribution in [2.24, 2.45) is 0 Å². The van der Waals surface area contributed by atoms with E-state index in [4.69, 9.17) is 0 Å². The predicted molar refractivity (Wildman–Crippen MR) is 117 cm³/mol. The summed E-state index contributed by atoms with van der Waals surface area (Å²) in [6, 6.07) is 22.3. The zero-order chi connectivity index (χ0) is 21.2. The minimum absolute atomic E-state index is 0.182. The molecule has 0 unspecified atom stereocenters. The number of rotatable bonds is 6. The van der Waals surface area contributed by atoms with E-state index in [0.29, 0.717) is 5.56 Å². The van der Waals surface area contributed by atoms with Gasteiger partial charge < -0.3 is 14.4 Å². The number of nitrogens with zero attached hydrogens (tertiary/aromatic N) is 2. The molecular weight excluding hydrogens is 384 g/mol. The molecule has 5 nitrogen and oxygen atoms in total. The second-order valence-electron chi connectivity index (χ2n) is 7.40. The quantitative estimate of drug-likeness (QED) is 0.456. The van der Waals surface area contributed by atoms with Crippen LogP contribution in [0.4, 0.5) is 11.4 Å². The zero-order valence-corrected chi connectivity index (χ0v) is 17.8. The summed E-state index contributed by atoms with van der Waals surface area (Å²) in [7, 11) is 3.25. The minimum Gasteiger partial charge on any atom is -0.744 e. The summed E-state index contributed by atoms with van der Waals surface area (Å²) in [6.07, 6.45) is 0. The lowest BCUT2D eigenvalue weighted by atomic mass is 9.85. The molecule has 0 N–H and O–H groups in total. The van der Waals surface area contributed by atoms with Crippen molar-refractivity contribution in [3.63, 3.8) is 0 Å². The van der Waals surface area contributed by atoms with Gasteiger partial charge in [-0.05, 0) is 47.0 Å². The van der Waals surface area contributed by atoms with Crippen LogP contribution in [-0.2, 0) is 10.1 Å². The first-order chi connectivity index (χ1) is 13.7. The summed E-state index contributed by atoms with van der Waals surface area (Å²) in [4.78, 5) is 3.82. The molecule has 6 heteroatoms. The van der Waals surface area contributed by atoms with Gasteiger partial charge >= 0.3 is 0 Å². The second kappa shape index (κ2) is 8.27. The van der Waals surface area contributed by atoms with E-state index in [9.17, 15) is 13.0 Å². The maximum Gasteiger partial charge on any atom is 0.124 e. The molecule has 0 atom stereocenters. The molecule has 0 aliphatic rings. The molecule has 3 rings (SSSR count). The van der Waals surface area contributed by atoms with Crippen molar-refractivity contribution in [3.05, 3.63) is 89.5 Å². The third-order valence-corrected chi connectivity index (χ3v) is 5.90. The Morgan fingerprint density at radius 1 is 0.690 bits per heavy atom. The fourth-order valence-electron chi connectivity index (χ4n) is 3.43. The lowest BCUT2D eigenvalue weighted by molar-refractivity contribution is 0.462. The topological polar surface area (TPSA) is 63.7 Å². The van der Waals surface area contributed by atoms with Crippen molar-refractivity contribution < 1.29 is 13.0 Å². The molecule has 0 spiro atoms. The molecule has 3 aromatic carbocycles. The fraction of sp³-hybridized carbons (Fsp3) is 0.217. The minimum atomic E-state index is -4.60. The Bertz CT molecular complexity index is 1020. The van der Waals surface area contributed by atoms with Gasteiger partial charge in [-0.15, -0.1) is 0 Å². The number of hydrogen-bond donors (Lipinski definition) is 0. The highest BCUT2D eigenvalue weighted by atomic mass is 32.2. The van der Waals surface area contributed by atoms with Gasteiger partial charge in [0.05, 0.1) is 4.90 Å². The third kappa shape index (κ3) is 4.60. The summed E-state index contributed by atoms with van der Waals surface area (Å²) in [5.41, 5.74) is 4.41. The molecule has 0 aromatic heterocycles. The molecule has 0 aliphatic carbocycles. The normalized spacial score (nSPS) is 11.5. The van der Waals surface area contributed by atoms with Crippen molar-refractivity contribution in [2.45, 2.75) is 10.8 Å². The van der Waals surface area contributed by atoms with E-state index >= 15 is 0 Å². The van der Waals surface area contributed by atoms with Crippen molar-refractivity contribution in [1.29, 1.82) is 0 Å². The zero-order valence-electron chi connectivity index (χ0n) is 17.0. The Morgan fingerprint density at radius 3 is 1.48 bits per heavy atom. The predicted octanol–water partition coefficient (Wildman–Crippen LogP) is 3.90. The van der Waals surface area contributed by atoms with Gasteiger partial charge in [0.1, 0.15) is 10.1 Å². The van der Waals surface area contributed by atoms with Crippen LogP contribution in [0.5, 0.6) is 0 Å². The molecule has 0 saturated carbocycles. The van der Waals surface area contributed by atoms with Gasteiger partial charge in [0, 0.05) is 45.5 Å². The first-order valence-corrected chi connectivity index (χ1v) is 10.7. The molecular formula is C23H25N2O3S-. The molecule has 0 fully saturated rings. The van der Waals surface area contributed by atoms with Crippen LogP contribution in [0.15, 0.2) is 77.7 Å². The monoisotopic (exact) mass is 409 g/mol. The molecule has 0 amide bonds. The number of anilines is 2. The lowest BCUT2D eigenvalue weighted by Gasteiger charge is -2.24. The van der Waals surface area contributed by atoms with Crippen LogP contribution in [0, 0.1) is 0 Å². The van der Waals surface area contributed by atoms with Gasteiger partial charge in [-0.1, -0.05) is 42.5 Å². The highest BCUT2D eigenvalue weighted by Gasteiger charge is 2.22. The van der Waals surface area contributed by atoms with E-state index in [1.807, 2.05) is 86.5 Å². The smallest absolute Gasteiger partial charge is 0.124 e. The van der Waals surface area contributed by atoms with E-state index in [0.717, 1.165) is 22.5 Å². The second-order valence-corrected chi connectivity index (χ2v) is 8.74. The van der Waals surface area contributed by atoms with Gasteiger partial charge in [-0.3, -0.25) is 0 Å². The maximum atomic E-state index is 11.9. The Balaban J connectivity index is 2.20. The van der Waals surface area contributed by atoms with Crippen molar-refractivity contribution in [1.82, 2.24) is 0 Å². The third-order valence-electron chi connectivity index (χ3n) is 4.98. The summed E-state index contributed by atoms with van der Waals surface area (Å²) in [5.74, 6) is -0.373. The van der Waals surface area contributed by atoms with Crippen LogP contribution >= 0.6 is 0 Å². The SMILES string of the molecule is CN(C)c1ccc(C(c2ccc(N(C)C)cc2)c2ccccc2S(=O)(=O)[O-])cc1. The van der Waals surface area contributed by atoms with E-state index in [-0.39, 0.29) is 10.8 Å². The first kappa shape index (κ1) is 20.9. The fourth-order valence-corrected chi connectivity index (χ4v) is 4.15. The summed E-state index contributed by atoms with van der Waals surface area (Å²) < 4.78 is 35.8. The first-order valence-electron chi connectivity index (χ1n) is 9.28. The summed E-state index contributed by atoms with van der Waals surface area (Å²) >= 11 is 0. The van der Waals surface area contributed by atoms with Crippen LogP contribution in [0.3, 0.4) is 0 Å². The number of benzene rings is 3. The standard InChI is InChI=1S/C23H26N2O3S/c1-24(2)19-13-9-17(10-14-19)23(18-11-15-20(16-12-18)25(3)4)21-7-5-6-8-22(21)29(26,27)28/h5-16,23H,1-4H3,(H,26,27,28)/p-1. The van der Waals surface area contributed by atoms with E-state index in [1.54, 1.807) is 18.2 Å². The van der Waals surface area contributed by atoms with Crippen molar-refractivity contribution >= 4 is 21.5 Å². The van der Waals surface area contributed by atoms with Gasteiger partial charge in [0.2, 0.25) is 0 Å². The molecule has 0 radical (unpaired) electrons. The molecule has 0 aliphatic heterocycles. The molecule has 0 heterocycles. The van der Waals surface area contributed by atoms with Gasteiger partial charge in [0.15, 0.2) is 0 Å². The van der Waals surface area contributed by atoms with Crippen LogP contribution in [-0.4, -0.2) is 41.2 Å². The van der Waals surface area contributed by atoms with Crippen LogP contribution in [0.25, 0.3) is 0 Å². The summed E-state index contributed by atoms with van der Waals surface area (Å²) in [5, 5.41) is 0. The molecule has 0 saturated heterocycles. The largest absolute Gasteiger partial charge is 0.744 e. The van der Waals surface area contributed by atoms with Gasteiger partial charge in [0.25, 0.3) is 0 Å². The molecule has 152 valence electrons. The molecule has 29 heavy (non-hydrogen) atoms. The Hall–Kier alpha value is -2.83. The highest BCUT2D eigenvalue weighted by Crippen LogP contribution is 2.36. The van der Waals surface area contributed by atoms with Crippen molar-refractivity contribution in [2.75, 3.05) is 38.0 Å². The van der Waals surface area contributed by atoms with E-state index in [1.165, 1.54) is 6.07 Å². The molecule has 3 aromatic rings. The summed E-state index contributed by atoms with van der Waals surface area (Å²) in [6.45, 7) is 0. The van der Waals surface area contributed by atoms with Crippen LogP contribution in [0.1, 0.15) is 22.6 Å². The average molecular weight is 410 g/mol. The Kier molecular flexibility index (Phi) is 5.96. The average Bonchev–Trinajstić information content (AvgIpc) is 2.68.